The van der Waals surface area contributed by atoms with Gasteiger partial charge in [-0.3, -0.25) is 4.79 Å². The summed E-state index contributed by atoms with van der Waals surface area (Å²) < 4.78 is 5.43. The first-order chi connectivity index (χ1) is 11.3. The minimum absolute atomic E-state index is 0.0253. The standard InChI is InChI=1S/C18H20N2O3S/c1-11-8-9-14(24-11)16(21)23-10-12-6-5-7-13-15(12)20(4)17(22)18(2,3)19-13/h5-9,19H,10H2,1-4H3. The second-order valence-electron chi connectivity index (χ2n) is 6.41. The summed E-state index contributed by atoms with van der Waals surface area (Å²) >= 11 is 1.41. The van der Waals surface area contributed by atoms with E-state index in [1.54, 1.807) is 18.0 Å². The molecule has 0 aliphatic carbocycles. The first kappa shape index (κ1) is 16.5. The van der Waals surface area contributed by atoms with Crippen molar-refractivity contribution in [3.63, 3.8) is 0 Å². The lowest BCUT2D eigenvalue weighted by Crippen LogP contribution is -2.52. The fraction of sp³-hybridized carbons (Fsp3) is 0.333. The largest absolute Gasteiger partial charge is 0.457 e. The Balaban J connectivity index is 1.83. The van der Waals surface area contributed by atoms with Crippen molar-refractivity contribution in [2.75, 3.05) is 17.3 Å². The van der Waals surface area contributed by atoms with Gasteiger partial charge >= 0.3 is 5.97 Å². The number of hydrogen-bond acceptors (Lipinski definition) is 5. The van der Waals surface area contributed by atoms with Crippen LogP contribution in [0.25, 0.3) is 0 Å². The number of benzene rings is 1. The Morgan fingerprint density at radius 3 is 2.71 bits per heavy atom. The third kappa shape index (κ3) is 2.89. The number of rotatable bonds is 3. The number of likely N-dealkylation sites (N-methyl/N-ethyl adjacent to an activating group) is 1. The Morgan fingerprint density at radius 1 is 1.29 bits per heavy atom. The van der Waals surface area contributed by atoms with Crippen molar-refractivity contribution >= 4 is 34.6 Å². The molecule has 0 bridgehead atoms. The van der Waals surface area contributed by atoms with Crippen LogP contribution in [0.5, 0.6) is 0 Å². The number of carbonyl (C=O) groups is 2. The molecule has 0 saturated carbocycles. The number of esters is 1. The highest BCUT2D eigenvalue weighted by Gasteiger charge is 2.37. The average Bonchev–Trinajstić information content (AvgIpc) is 2.96. The Bertz CT molecular complexity index is 810. The van der Waals surface area contributed by atoms with Crippen molar-refractivity contribution in [2.45, 2.75) is 32.9 Å². The third-order valence-corrected chi connectivity index (χ3v) is 5.02. The van der Waals surface area contributed by atoms with E-state index in [1.807, 2.05) is 45.0 Å². The zero-order valence-corrected chi connectivity index (χ0v) is 15.0. The Labute approximate surface area is 145 Å². The van der Waals surface area contributed by atoms with Crippen LogP contribution in [0, 0.1) is 6.92 Å². The molecule has 1 aromatic carbocycles. The van der Waals surface area contributed by atoms with Crippen LogP contribution in [0.4, 0.5) is 11.4 Å². The topological polar surface area (TPSA) is 58.6 Å². The van der Waals surface area contributed by atoms with Crippen molar-refractivity contribution in [3.05, 3.63) is 45.6 Å². The van der Waals surface area contributed by atoms with Gasteiger partial charge in [0.15, 0.2) is 0 Å². The predicted molar refractivity (Wildman–Crippen MR) is 95.7 cm³/mol. The SMILES string of the molecule is Cc1ccc(C(=O)OCc2cccc3c2N(C)C(=O)C(C)(C)N3)s1. The van der Waals surface area contributed by atoms with Gasteiger partial charge in [-0.15, -0.1) is 11.3 Å². The Kier molecular flexibility index (Phi) is 4.09. The first-order valence-electron chi connectivity index (χ1n) is 7.71. The van der Waals surface area contributed by atoms with Gasteiger partial charge in [0.05, 0.1) is 11.4 Å². The molecule has 2 aromatic rings. The fourth-order valence-electron chi connectivity index (χ4n) is 2.87. The molecule has 0 radical (unpaired) electrons. The molecule has 5 nitrogen and oxygen atoms in total. The van der Waals surface area contributed by atoms with E-state index in [0.29, 0.717) is 4.88 Å². The second-order valence-corrected chi connectivity index (χ2v) is 7.70. The van der Waals surface area contributed by atoms with Gasteiger partial charge in [0.1, 0.15) is 17.0 Å². The lowest BCUT2D eigenvalue weighted by molar-refractivity contribution is -0.121. The number of anilines is 2. The van der Waals surface area contributed by atoms with E-state index in [2.05, 4.69) is 5.32 Å². The summed E-state index contributed by atoms with van der Waals surface area (Å²) in [7, 11) is 1.75. The van der Waals surface area contributed by atoms with E-state index in [0.717, 1.165) is 21.8 Å². The number of fused-ring (bicyclic) bond motifs is 1. The molecule has 0 unspecified atom stereocenters. The number of nitrogens with one attached hydrogen (secondary N) is 1. The Hall–Kier alpha value is -2.34. The minimum atomic E-state index is -0.661. The minimum Gasteiger partial charge on any atom is -0.457 e. The smallest absolute Gasteiger partial charge is 0.348 e. The molecule has 1 aromatic heterocycles. The first-order valence-corrected chi connectivity index (χ1v) is 8.53. The van der Waals surface area contributed by atoms with Gasteiger partial charge < -0.3 is 15.0 Å². The summed E-state index contributed by atoms with van der Waals surface area (Å²) in [5.41, 5.74) is 1.76. The van der Waals surface area contributed by atoms with Crippen molar-refractivity contribution in [1.29, 1.82) is 0 Å². The number of nitrogens with zero attached hydrogens (tertiary/aromatic N) is 1. The molecule has 0 saturated heterocycles. The quantitative estimate of drug-likeness (QED) is 0.865. The number of amides is 1. The summed E-state index contributed by atoms with van der Waals surface area (Å²) in [6.45, 7) is 5.77. The van der Waals surface area contributed by atoms with Gasteiger partial charge in [-0.2, -0.15) is 0 Å². The van der Waals surface area contributed by atoms with Crippen LogP contribution in [-0.2, 0) is 16.1 Å². The molecule has 2 heterocycles. The van der Waals surface area contributed by atoms with Gasteiger partial charge in [0.2, 0.25) is 0 Å². The van der Waals surface area contributed by atoms with Gasteiger partial charge in [-0.05, 0) is 39.0 Å². The highest BCUT2D eigenvalue weighted by atomic mass is 32.1. The monoisotopic (exact) mass is 344 g/mol. The zero-order valence-electron chi connectivity index (χ0n) is 14.2. The maximum absolute atomic E-state index is 12.5. The van der Waals surface area contributed by atoms with E-state index in [-0.39, 0.29) is 18.5 Å². The van der Waals surface area contributed by atoms with Crippen LogP contribution in [0.15, 0.2) is 30.3 Å². The highest BCUT2D eigenvalue weighted by molar-refractivity contribution is 7.13. The maximum Gasteiger partial charge on any atom is 0.348 e. The maximum atomic E-state index is 12.5. The number of aryl methyl sites for hydroxylation is 1. The zero-order chi connectivity index (χ0) is 17.5. The molecule has 0 spiro atoms. The van der Waals surface area contributed by atoms with E-state index >= 15 is 0 Å². The van der Waals surface area contributed by atoms with Crippen molar-refractivity contribution in [1.82, 2.24) is 0 Å². The average molecular weight is 344 g/mol. The number of para-hydroxylation sites is 1. The van der Waals surface area contributed by atoms with E-state index in [1.165, 1.54) is 11.3 Å². The van der Waals surface area contributed by atoms with Crippen LogP contribution in [0.3, 0.4) is 0 Å². The number of carbonyl (C=O) groups excluding carboxylic acids is 2. The van der Waals surface area contributed by atoms with E-state index in [4.69, 9.17) is 4.74 Å². The molecule has 1 amide bonds. The van der Waals surface area contributed by atoms with E-state index in [9.17, 15) is 9.59 Å². The van der Waals surface area contributed by atoms with Crippen LogP contribution >= 0.6 is 11.3 Å². The predicted octanol–water partition coefficient (Wildman–Crippen LogP) is 3.58. The summed E-state index contributed by atoms with van der Waals surface area (Å²) in [5.74, 6) is -0.369. The summed E-state index contributed by atoms with van der Waals surface area (Å²) in [4.78, 5) is 27.9. The van der Waals surface area contributed by atoms with Gasteiger partial charge in [-0.25, -0.2) is 4.79 Å². The Morgan fingerprint density at radius 2 is 2.04 bits per heavy atom. The van der Waals surface area contributed by atoms with Crippen molar-refractivity contribution in [2.24, 2.45) is 0 Å². The molecule has 3 rings (SSSR count). The molecule has 126 valence electrons. The molecule has 0 fully saturated rings. The van der Waals surface area contributed by atoms with Crippen LogP contribution in [-0.4, -0.2) is 24.5 Å². The van der Waals surface area contributed by atoms with Gasteiger partial charge in [0.25, 0.3) is 5.91 Å². The number of thiophene rings is 1. The van der Waals surface area contributed by atoms with Gasteiger partial charge in [-0.1, -0.05) is 12.1 Å². The normalized spacial score (nSPS) is 15.7. The number of ether oxygens (including phenoxy) is 1. The molecular formula is C18H20N2O3S. The molecule has 1 aliphatic rings. The molecule has 24 heavy (non-hydrogen) atoms. The molecular weight excluding hydrogens is 324 g/mol. The summed E-state index contributed by atoms with van der Waals surface area (Å²) in [6, 6.07) is 9.35. The summed E-state index contributed by atoms with van der Waals surface area (Å²) in [6.07, 6.45) is 0. The lowest BCUT2D eigenvalue weighted by atomic mass is 9.97. The number of hydrogen-bond donors (Lipinski definition) is 1. The summed E-state index contributed by atoms with van der Waals surface area (Å²) in [5, 5.41) is 3.25. The van der Waals surface area contributed by atoms with Crippen LogP contribution < -0.4 is 10.2 Å². The molecule has 1 N–H and O–H groups in total. The molecule has 6 heteroatoms. The third-order valence-electron chi connectivity index (χ3n) is 4.04. The highest BCUT2D eigenvalue weighted by Crippen LogP contribution is 2.37. The second kappa shape index (κ2) is 5.94. The van der Waals surface area contributed by atoms with Crippen molar-refractivity contribution in [3.8, 4) is 0 Å². The lowest BCUT2D eigenvalue weighted by Gasteiger charge is -2.39. The van der Waals surface area contributed by atoms with Crippen LogP contribution in [0.1, 0.15) is 34.0 Å². The fourth-order valence-corrected chi connectivity index (χ4v) is 3.64. The van der Waals surface area contributed by atoms with Gasteiger partial charge in [0, 0.05) is 17.5 Å². The van der Waals surface area contributed by atoms with Crippen molar-refractivity contribution < 1.29 is 14.3 Å². The van der Waals surface area contributed by atoms with Crippen LogP contribution in [0.2, 0.25) is 0 Å². The molecule has 0 atom stereocenters. The van der Waals surface area contributed by atoms with E-state index < -0.39 is 5.54 Å². The molecule has 1 aliphatic heterocycles.